The fourth-order valence-corrected chi connectivity index (χ4v) is 2.90. The van der Waals surface area contributed by atoms with Gasteiger partial charge in [0.25, 0.3) is 0 Å². The van der Waals surface area contributed by atoms with E-state index in [2.05, 4.69) is 29.2 Å². The molecule has 0 unspecified atom stereocenters. The van der Waals surface area contributed by atoms with Gasteiger partial charge in [-0.1, -0.05) is 13.8 Å². The molecule has 2 rings (SSSR count). The van der Waals surface area contributed by atoms with Crippen molar-refractivity contribution in [2.45, 2.75) is 59.0 Å². The molecule has 0 bridgehead atoms. The highest BCUT2D eigenvalue weighted by Crippen LogP contribution is 2.46. The lowest BCUT2D eigenvalue weighted by Gasteiger charge is -2.42. The summed E-state index contributed by atoms with van der Waals surface area (Å²) >= 11 is 0. The molecular weight excluding hydrogens is 271 g/mol. The standard InChI is InChI=1S/C15H25FN4O/c1-5-21-15(8-6-14(3,4)7-9-15)13-18-10(2)11(16)12(19-13)20-17/h5-9,17H2,1-4H3,(H,18,19,20). The number of aryl methyl sites for hydroxylation is 1. The van der Waals surface area contributed by atoms with Crippen LogP contribution in [0.2, 0.25) is 0 Å². The lowest BCUT2D eigenvalue weighted by Crippen LogP contribution is -2.39. The zero-order valence-corrected chi connectivity index (χ0v) is 13.3. The Morgan fingerprint density at radius 1 is 1.24 bits per heavy atom. The predicted molar refractivity (Wildman–Crippen MR) is 80.1 cm³/mol. The van der Waals surface area contributed by atoms with Crippen LogP contribution in [0.3, 0.4) is 0 Å². The van der Waals surface area contributed by atoms with Crippen molar-refractivity contribution >= 4 is 5.82 Å². The van der Waals surface area contributed by atoms with E-state index in [-0.39, 0.29) is 11.5 Å². The Morgan fingerprint density at radius 2 is 1.86 bits per heavy atom. The molecule has 5 nitrogen and oxygen atoms in total. The van der Waals surface area contributed by atoms with Crippen LogP contribution in [0.5, 0.6) is 0 Å². The molecule has 0 amide bonds. The summed E-state index contributed by atoms with van der Waals surface area (Å²) in [7, 11) is 0. The summed E-state index contributed by atoms with van der Waals surface area (Å²) in [5, 5.41) is 0. The first-order chi connectivity index (χ1) is 9.83. The molecule has 1 saturated carbocycles. The van der Waals surface area contributed by atoms with Gasteiger partial charge in [0.15, 0.2) is 17.5 Å². The Hall–Kier alpha value is -1.27. The van der Waals surface area contributed by atoms with Gasteiger partial charge >= 0.3 is 0 Å². The molecule has 1 fully saturated rings. The average molecular weight is 296 g/mol. The minimum atomic E-state index is -0.533. The molecule has 0 saturated heterocycles. The zero-order valence-electron chi connectivity index (χ0n) is 13.3. The van der Waals surface area contributed by atoms with E-state index in [1.54, 1.807) is 6.92 Å². The lowest BCUT2D eigenvalue weighted by atomic mass is 9.70. The second-order valence-corrected chi connectivity index (χ2v) is 6.53. The van der Waals surface area contributed by atoms with Crippen molar-refractivity contribution < 1.29 is 9.13 Å². The van der Waals surface area contributed by atoms with Crippen LogP contribution in [0.1, 0.15) is 58.0 Å². The smallest absolute Gasteiger partial charge is 0.187 e. The highest BCUT2D eigenvalue weighted by molar-refractivity contribution is 5.37. The maximum Gasteiger partial charge on any atom is 0.187 e. The predicted octanol–water partition coefficient (Wildman–Crippen LogP) is 3.04. The van der Waals surface area contributed by atoms with Crippen molar-refractivity contribution in [3.8, 4) is 0 Å². The van der Waals surface area contributed by atoms with Crippen molar-refractivity contribution in [1.29, 1.82) is 0 Å². The Morgan fingerprint density at radius 3 is 2.38 bits per heavy atom. The van der Waals surface area contributed by atoms with Gasteiger partial charge in [0.05, 0.1) is 5.69 Å². The number of nitrogens with one attached hydrogen (secondary N) is 1. The summed E-state index contributed by atoms with van der Waals surface area (Å²) in [5.41, 5.74) is 2.36. The van der Waals surface area contributed by atoms with Crippen LogP contribution < -0.4 is 11.3 Å². The maximum atomic E-state index is 13.9. The van der Waals surface area contributed by atoms with Gasteiger partial charge in [-0.15, -0.1) is 0 Å². The van der Waals surface area contributed by atoms with Crippen LogP contribution in [-0.2, 0) is 10.3 Å². The number of anilines is 1. The van der Waals surface area contributed by atoms with Gasteiger partial charge < -0.3 is 10.2 Å². The number of rotatable bonds is 4. The quantitative estimate of drug-likeness (QED) is 0.660. The molecule has 0 aliphatic heterocycles. The second-order valence-electron chi connectivity index (χ2n) is 6.53. The summed E-state index contributed by atoms with van der Waals surface area (Å²) < 4.78 is 19.9. The number of nitrogen functional groups attached to an aromatic ring is 1. The van der Waals surface area contributed by atoms with Crippen LogP contribution in [0.25, 0.3) is 0 Å². The normalized spacial score (nSPS) is 20.3. The molecule has 3 N–H and O–H groups in total. The molecule has 1 aromatic heterocycles. The molecule has 118 valence electrons. The molecule has 1 aliphatic rings. The van der Waals surface area contributed by atoms with Crippen molar-refractivity contribution in [3.63, 3.8) is 0 Å². The third-order valence-electron chi connectivity index (χ3n) is 4.39. The highest BCUT2D eigenvalue weighted by Gasteiger charge is 2.43. The molecule has 0 spiro atoms. The van der Waals surface area contributed by atoms with E-state index in [0.717, 1.165) is 25.7 Å². The number of aromatic nitrogens is 2. The first-order valence-corrected chi connectivity index (χ1v) is 7.49. The topological polar surface area (TPSA) is 73.1 Å². The number of hydrazine groups is 1. The van der Waals surface area contributed by atoms with E-state index >= 15 is 0 Å². The molecular formula is C15H25FN4O. The van der Waals surface area contributed by atoms with Gasteiger partial charge in [-0.25, -0.2) is 20.2 Å². The average Bonchev–Trinajstić information content (AvgIpc) is 2.44. The maximum absolute atomic E-state index is 13.9. The zero-order chi connectivity index (χ0) is 15.7. The van der Waals surface area contributed by atoms with Crippen molar-refractivity contribution in [3.05, 3.63) is 17.3 Å². The SMILES string of the molecule is CCOC1(c2nc(C)c(F)c(NN)n2)CCC(C)(C)CC1. The van der Waals surface area contributed by atoms with Gasteiger partial charge in [0.1, 0.15) is 5.60 Å². The van der Waals surface area contributed by atoms with Crippen molar-refractivity contribution in [1.82, 2.24) is 9.97 Å². The number of nitrogens with zero attached hydrogens (tertiary/aromatic N) is 2. The van der Waals surface area contributed by atoms with E-state index in [4.69, 9.17) is 10.6 Å². The Labute approximate surface area is 125 Å². The third kappa shape index (κ3) is 3.16. The molecule has 0 radical (unpaired) electrons. The molecule has 0 atom stereocenters. The van der Waals surface area contributed by atoms with Crippen LogP contribution in [0.4, 0.5) is 10.2 Å². The molecule has 1 aromatic rings. The minimum Gasteiger partial charge on any atom is -0.367 e. The third-order valence-corrected chi connectivity index (χ3v) is 4.39. The first-order valence-electron chi connectivity index (χ1n) is 7.49. The summed E-state index contributed by atoms with van der Waals surface area (Å²) in [6, 6.07) is 0. The van der Waals surface area contributed by atoms with Crippen LogP contribution in [0, 0.1) is 18.2 Å². The van der Waals surface area contributed by atoms with Gasteiger partial charge in [-0.05, 0) is 44.9 Å². The minimum absolute atomic E-state index is 0.0291. The monoisotopic (exact) mass is 296 g/mol. The molecule has 6 heteroatoms. The van der Waals surface area contributed by atoms with E-state index < -0.39 is 11.4 Å². The van der Waals surface area contributed by atoms with Crippen molar-refractivity contribution in [2.75, 3.05) is 12.0 Å². The summed E-state index contributed by atoms with van der Waals surface area (Å²) in [4.78, 5) is 8.60. The van der Waals surface area contributed by atoms with Gasteiger partial charge in [0.2, 0.25) is 0 Å². The van der Waals surface area contributed by atoms with Crippen LogP contribution in [0.15, 0.2) is 0 Å². The number of halogens is 1. The first kappa shape index (κ1) is 16.1. The summed E-state index contributed by atoms with van der Waals surface area (Å²) in [5.74, 6) is 5.41. The fourth-order valence-electron chi connectivity index (χ4n) is 2.90. The molecule has 1 heterocycles. The largest absolute Gasteiger partial charge is 0.367 e. The number of nitrogens with two attached hydrogens (primary N) is 1. The highest BCUT2D eigenvalue weighted by atomic mass is 19.1. The van der Waals surface area contributed by atoms with E-state index in [1.807, 2.05) is 6.92 Å². The Kier molecular flexibility index (Phi) is 4.49. The van der Waals surface area contributed by atoms with E-state index in [0.29, 0.717) is 17.8 Å². The van der Waals surface area contributed by atoms with E-state index in [9.17, 15) is 4.39 Å². The number of hydrogen-bond acceptors (Lipinski definition) is 5. The van der Waals surface area contributed by atoms with Crippen LogP contribution in [-0.4, -0.2) is 16.6 Å². The fraction of sp³-hybridized carbons (Fsp3) is 0.733. The number of hydrogen-bond donors (Lipinski definition) is 2. The molecule has 1 aliphatic carbocycles. The van der Waals surface area contributed by atoms with Crippen molar-refractivity contribution in [2.24, 2.45) is 11.3 Å². The van der Waals surface area contributed by atoms with E-state index in [1.165, 1.54) is 0 Å². The second kappa shape index (κ2) is 5.85. The summed E-state index contributed by atoms with van der Waals surface area (Å²) in [6.07, 6.45) is 3.72. The molecule has 21 heavy (non-hydrogen) atoms. The lowest BCUT2D eigenvalue weighted by molar-refractivity contribution is -0.0948. The van der Waals surface area contributed by atoms with Gasteiger partial charge in [-0.2, -0.15) is 0 Å². The Balaban J connectivity index is 2.41. The number of ether oxygens (including phenoxy) is 1. The van der Waals surface area contributed by atoms with Gasteiger partial charge in [0, 0.05) is 6.61 Å². The summed E-state index contributed by atoms with van der Waals surface area (Å²) in [6.45, 7) is 8.67. The molecule has 0 aromatic carbocycles. The van der Waals surface area contributed by atoms with Crippen LogP contribution >= 0.6 is 0 Å². The Bertz CT molecular complexity index is 509. The van der Waals surface area contributed by atoms with Gasteiger partial charge in [-0.3, -0.25) is 0 Å².